The van der Waals surface area contributed by atoms with Gasteiger partial charge in [0.1, 0.15) is 6.04 Å². The maximum Gasteiger partial charge on any atom is 0.326 e. The summed E-state index contributed by atoms with van der Waals surface area (Å²) in [4.78, 5) is 21.9. The van der Waals surface area contributed by atoms with E-state index in [4.69, 9.17) is 5.11 Å². The van der Waals surface area contributed by atoms with E-state index in [1.54, 1.807) is 12.1 Å². The number of hydrogen-bond donors (Lipinski definition) is 1. The van der Waals surface area contributed by atoms with Crippen molar-refractivity contribution in [3.05, 3.63) is 33.2 Å². The lowest BCUT2D eigenvalue weighted by Crippen LogP contribution is -2.27. The average Bonchev–Trinajstić information content (AvgIpc) is 2.03. The Labute approximate surface area is 82.9 Å². The van der Waals surface area contributed by atoms with E-state index in [1.165, 1.54) is 17.6 Å². The van der Waals surface area contributed by atoms with E-state index in [0.29, 0.717) is 4.60 Å². The molecule has 0 aliphatic heterocycles. The van der Waals surface area contributed by atoms with Crippen LogP contribution in [-0.4, -0.2) is 15.6 Å². The van der Waals surface area contributed by atoms with E-state index in [0.717, 1.165) is 0 Å². The molecule has 0 saturated carbocycles. The standard InChI is InChI=1S/C8H8BrNO3/c1-5(8(12)13)10-6(9)3-2-4-7(10)11/h2-5H,1H3,(H,12,13). The lowest BCUT2D eigenvalue weighted by molar-refractivity contribution is -0.140. The lowest BCUT2D eigenvalue weighted by Gasteiger charge is -2.11. The summed E-state index contributed by atoms with van der Waals surface area (Å²) in [6, 6.07) is 3.66. The van der Waals surface area contributed by atoms with Crippen molar-refractivity contribution in [2.45, 2.75) is 13.0 Å². The number of aromatic nitrogens is 1. The SMILES string of the molecule is CC(C(=O)O)n1c(Br)cccc1=O. The second-order valence-corrected chi connectivity index (χ2v) is 3.38. The highest BCUT2D eigenvalue weighted by atomic mass is 79.9. The summed E-state index contributed by atoms with van der Waals surface area (Å²) < 4.78 is 1.64. The highest BCUT2D eigenvalue weighted by Gasteiger charge is 2.15. The summed E-state index contributed by atoms with van der Waals surface area (Å²) in [5.74, 6) is -1.03. The molecule has 1 atom stereocenters. The second-order valence-electron chi connectivity index (χ2n) is 2.57. The van der Waals surface area contributed by atoms with Crippen LogP contribution in [-0.2, 0) is 4.79 Å². The molecule has 0 fully saturated rings. The van der Waals surface area contributed by atoms with E-state index >= 15 is 0 Å². The normalized spacial score (nSPS) is 12.5. The molecule has 0 saturated heterocycles. The Balaban J connectivity index is 3.28. The van der Waals surface area contributed by atoms with Gasteiger partial charge in [-0.1, -0.05) is 6.07 Å². The number of rotatable bonds is 2. The van der Waals surface area contributed by atoms with E-state index < -0.39 is 12.0 Å². The molecule has 1 unspecified atom stereocenters. The third kappa shape index (κ3) is 1.98. The van der Waals surface area contributed by atoms with Gasteiger partial charge < -0.3 is 5.11 Å². The highest BCUT2D eigenvalue weighted by Crippen LogP contribution is 2.12. The number of carboxylic acids is 1. The molecular weight excluding hydrogens is 238 g/mol. The predicted molar refractivity (Wildman–Crippen MR) is 50.7 cm³/mol. The minimum absolute atomic E-state index is 0.329. The number of halogens is 1. The predicted octanol–water partition coefficient (Wildman–Crippen LogP) is 1.26. The molecule has 0 aromatic carbocycles. The summed E-state index contributed by atoms with van der Waals surface area (Å²) in [5, 5.41) is 8.70. The molecule has 0 aliphatic rings. The first-order chi connectivity index (χ1) is 6.04. The zero-order chi connectivity index (χ0) is 10.0. The van der Waals surface area contributed by atoms with Crippen LogP contribution >= 0.6 is 15.9 Å². The lowest BCUT2D eigenvalue weighted by atomic mass is 10.3. The fourth-order valence-corrected chi connectivity index (χ4v) is 1.60. The Hall–Kier alpha value is -1.10. The fraction of sp³-hybridized carbons (Fsp3) is 0.250. The molecule has 0 aliphatic carbocycles. The van der Waals surface area contributed by atoms with Crippen molar-refractivity contribution in [1.82, 2.24) is 4.57 Å². The molecule has 0 radical (unpaired) electrons. The van der Waals surface area contributed by atoms with Crippen LogP contribution in [0.5, 0.6) is 0 Å². The number of aliphatic carboxylic acids is 1. The Kier molecular flexibility index (Phi) is 2.87. The van der Waals surface area contributed by atoms with Crippen molar-refractivity contribution in [2.24, 2.45) is 0 Å². The fourth-order valence-electron chi connectivity index (χ4n) is 0.962. The van der Waals surface area contributed by atoms with Gasteiger partial charge in [-0.3, -0.25) is 9.36 Å². The van der Waals surface area contributed by atoms with Crippen LogP contribution in [0.15, 0.2) is 27.6 Å². The number of carbonyl (C=O) groups is 1. The van der Waals surface area contributed by atoms with Gasteiger partial charge >= 0.3 is 5.97 Å². The van der Waals surface area contributed by atoms with E-state index in [9.17, 15) is 9.59 Å². The molecular formula is C8H8BrNO3. The van der Waals surface area contributed by atoms with Gasteiger partial charge in [0.25, 0.3) is 5.56 Å². The molecule has 13 heavy (non-hydrogen) atoms. The minimum atomic E-state index is -1.03. The summed E-state index contributed by atoms with van der Waals surface area (Å²) in [6.07, 6.45) is 0. The third-order valence-electron chi connectivity index (χ3n) is 1.68. The largest absolute Gasteiger partial charge is 0.480 e. The minimum Gasteiger partial charge on any atom is -0.480 e. The summed E-state index contributed by atoms with van der Waals surface area (Å²) in [7, 11) is 0. The van der Waals surface area contributed by atoms with Crippen molar-refractivity contribution in [3.63, 3.8) is 0 Å². The monoisotopic (exact) mass is 245 g/mol. The van der Waals surface area contributed by atoms with E-state index in [-0.39, 0.29) is 5.56 Å². The zero-order valence-electron chi connectivity index (χ0n) is 6.90. The molecule has 0 amide bonds. The van der Waals surface area contributed by atoms with Gasteiger partial charge in [0.15, 0.2) is 0 Å². The van der Waals surface area contributed by atoms with E-state index in [2.05, 4.69) is 15.9 Å². The Morgan fingerprint density at radius 2 is 2.23 bits per heavy atom. The maximum atomic E-state index is 11.3. The number of carboxylic acid groups (broad SMARTS) is 1. The average molecular weight is 246 g/mol. The van der Waals surface area contributed by atoms with Crippen LogP contribution in [0.1, 0.15) is 13.0 Å². The molecule has 1 aromatic heterocycles. The smallest absolute Gasteiger partial charge is 0.326 e. The quantitative estimate of drug-likeness (QED) is 0.799. The van der Waals surface area contributed by atoms with Gasteiger partial charge in [-0.25, -0.2) is 4.79 Å². The van der Waals surface area contributed by atoms with Crippen molar-refractivity contribution < 1.29 is 9.90 Å². The van der Waals surface area contributed by atoms with Crippen LogP contribution in [0.4, 0.5) is 0 Å². The van der Waals surface area contributed by atoms with E-state index in [1.807, 2.05) is 0 Å². The zero-order valence-corrected chi connectivity index (χ0v) is 8.48. The van der Waals surface area contributed by atoms with Gasteiger partial charge in [-0.15, -0.1) is 0 Å². The summed E-state index contributed by atoms with van der Waals surface area (Å²) in [5.41, 5.74) is -0.329. The Bertz CT molecular complexity index is 385. The first-order valence-electron chi connectivity index (χ1n) is 3.64. The molecule has 5 heteroatoms. The van der Waals surface area contributed by atoms with Crippen LogP contribution in [0.25, 0.3) is 0 Å². The maximum absolute atomic E-state index is 11.3. The molecule has 0 bridgehead atoms. The Morgan fingerprint density at radius 3 is 2.69 bits per heavy atom. The van der Waals surface area contributed by atoms with Crippen LogP contribution < -0.4 is 5.56 Å². The Morgan fingerprint density at radius 1 is 1.62 bits per heavy atom. The number of nitrogens with zero attached hydrogens (tertiary/aromatic N) is 1. The molecule has 0 spiro atoms. The van der Waals surface area contributed by atoms with Crippen LogP contribution in [0.2, 0.25) is 0 Å². The molecule has 1 N–H and O–H groups in total. The van der Waals surface area contributed by atoms with Gasteiger partial charge in [0, 0.05) is 6.07 Å². The topological polar surface area (TPSA) is 59.3 Å². The second kappa shape index (κ2) is 3.74. The van der Waals surface area contributed by atoms with Crippen LogP contribution in [0.3, 0.4) is 0 Å². The van der Waals surface area contributed by atoms with Crippen molar-refractivity contribution in [2.75, 3.05) is 0 Å². The van der Waals surface area contributed by atoms with Crippen molar-refractivity contribution >= 4 is 21.9 Å². The van der Waals surface area contributed by atoms with Crippen molar-refractivity contribution in [3.8, 4) is 0 Å². The van der Waals surface area contributed by atoms with Gasteiger partial charge in [0.2, 0.25) is 0 Å². The van der Waals surface area contributed by atoms with Crippen LogP contribution in [0, 0.1) is 0 Å². The molecule has 4 nitrogen and oxygen atoms in total. The molecule has 1 aromatic rings. The first-order valence-corrected chi connectivity index (χ1v) is 4.43. The number of hydrogen-bond acceptors (Lipinski definition) is 2. The molecule has 70 valence electrons. The molecule has 1 heterocycles. The van der Waals surface area contributed by atoms with Gasteiger partial charge in [-0.2, -0.15) is 0 Å². The van der Waals surface area contributed by atoms with Gasteiger partial charge in [-0.05, 0) is 28.9 Å². The third-order valence-corrected chi connectivity index (χ3v) is 2.33. The van der Waals surface area contributed by atoms with Gasteiger partial charge in [0.05, 0.1) is 4.60 Å². The number of pyridine rings is 1. The highest BCUT2D eigenvalue weighted by molar-refractivity contribution is 9.10. The summed E-state index contributed by atoms with van der Waals surface area (Å²) >= 11 is 3.12. The first kappa shape index (κ1) is 9.98. The molecule has 1 rings (SSSR count). The van der Waals surface area contributed by atoms with Crippen molar-refractivity contribution in [1.29, 1.82) is 0 Å². The summed E-state index contributed by atoms with van der Waals surface area (Å²) in [6.45, 7) is 1.45.